The number of aromatic nitrogens is 6. The van der Waals surface area contributed by atoms with Crippen LogP contribution in [0.3, 0.4) is 0 Å². The van der Waals surface area contributed by atoms with Crippen LogP contribution in [0.2, 0.25) is 0 Å². The van der Waals surface area contributed by atoms with Crippen molar-refractivity contribution < 1.29 is 0 Å². The van der Waals surface area contributed by atoms with E-state index in [0.29, 0.717) is 5.65 Å². The van der Waals surface area contributed by atoms with Gasteiger partial charge in [-0.2, -0.15) is 0 Å². The number of hydrogen-bond donors (Lipinski definition) is 1. The van der Waals surface area contributed by atoms with Gasteiger partial charge in [-0.25, -0.2) is 9.97 Å². The van der Waals surface area contributed by atoms with Crippen molar-refractivity contribution in [3.05, 3.63) is 55.1 Å². The highest BCUT2D eigenvalue weighted by atomic mass is 15.3. The Bertz CT molecular complexity index is 699. The summed E-state index contributed by atoms with van der Waals surface area (Å²) in [7, 11) is 0. The van der Waals surface area contributed by atoms with E-state index in [-0.39, 0.29) is 0 Å². The Morgan fingerprint density at radius 2 is 1.84 bits per heavy atom. The van der Waals surface area contributed by atoms with Crippen molar-refractivity contribution in [2.75, 3.05) is 0 Å². The number of hydrogen-bond acceptors (Lipinski definition) is 5. The van der Waals surface area contributed by atoms with Crippen LogP contribution in [0.25, 0.3) is 22.1 Å². The Morgan fingerprint density at radius 1 is 0.947 bits per heavy atom. The number of H-pyrrole nitrogens is 1. The quantitative estimate of drug-likeness (QED) is 0.516. The monoisotopic (exact) mass is 250 g/mol. The van der Waals surface area contributed by atoms with Crippen LogP contribution >= 0.6 is 0 Å². The Morgan fingerprint density at radius 3 is 2.74 bits per heavy atom. The molecular weight excluding hydrogens is 240 g/mol. The van der Waals surface area contributed by atoms with Crippen molar-refractivity contribution in [2.24, 2.45) is 0 Å². The highest BCUT2D eigenvalue weighted by Crippen LogP contribution is 2.07. The molecule has 0 atom stereocenters. The average Bonchev–Trinajstić information content (AvgIpc) is 2.96. The number of nitrogens with zero attached hydrogens (tertiary/aromatic N) is 5. The Hall–Kier alpha value is -2.89. The minimum Gasteiger partial charge on any atom is -0.256 e. The molecule has 6 heteroatoms. The van der Waals surface area contributed by atoms with E-state index < -0.39 is 0 Å². The first-order valence-electron chi connectivity index (χ1n) is 5.70. The van der Waals surface area contributed by atoms with Crippen LogP contribution in [0.15, 0.2) is 55.1 Å². The van der Waals surface area contributed by atoms with Gasteiger partial charge in [-0.15, -0.1) is 5.10 Å². The van der Waals surface area contributed by atoms with Crippen LogP contribution in [-0.4, -0.2) is 30.4 Å². The first-order valence-corrected chi connectivity index (χ1v) is 5.70. The molecule has 0 saturated heterocycles. The lowest BCUT2D eigenvalue weighted by Crippen LogP contribution is -1.76. The molecule has 0 amide bonds. The van der Waals surface area contributed by atoms with Gasteiger partial charge in [0.25, 0.3) is 0 Å². The van der Waals surface area contributed by atoms with Gasteiger partial charge in [-0.1, -0.05) is 29.5 Å². The topological polar surface area (TPSA) is 80.2 Å². The molecule has 0 aliphatic rings. The molecule has 0 bridgehead atoms. The maximum atomic E-state index is 4.18. The van der Waals surface area contributed by atoms with E-state index in [1.54, 1.807) is 6.20 Å². The van der Waals surface area contributed by atoms with Gasteiger partial charge in [0.2, 0.25) is 5.65 Å². The molecule has 92 valence electrons. The van der Waals surface area contributed by atoms with E-state index in [0.717, 1.165) is 11.0 Å². The first kappa shape index (κ1) is 11.2. The Labute approximate surface area is 108 Å². The van der Waals surface area contributed by atoms with Crippen molar-refractivity contribution in [2.45, 2.75) is 0 Å². The van der Waals surface area contributed by atoms with E-state index >= 15 is 0 Å². The second kappa shape index (κ2) is 5.18. The molecule has 0 radical (unpaired) electrons. The van der Waals surface area contributed by atoms with E-state index in [9.17, 15) is 0 Å². The summed E-state index contributed by atoms with van der Waals surface area (Å²) in [5.74, 6) is 0. The maximum absolute atomic E-state index is 4.18. The second-order valence-electron chi connectivity index (χ2n) is 3.77. The van der Waals surface area contributed by atoms with Crippen LogP contribution in [0.1, 0.15) is 0 Å². The third kappa shape index (κ3) is 2.52. The fraction of sp³-hybridized carbons (Fsp3) is 0. The summed E-state index contributed by atoms with van der Waals surface area (Å²) in [6, 6.07) is 12.1. The van der Waals surface area contributed by atoms with Gasteiger partial charge in [0.15, 0.2) is 0 Å². The zero-order chi connectivity index (χ0) is 12.9. The lowest BCUT2D eigenvalue weighted by molar-refractivity contribution is 0.954. The van der Waals surface area contributed by atoms with Crippen LogP contribution in [0, 0.1) is 0 Å². The van der Waals surface area contributed by atoms with Gasteiger partial charge in [0, 0.05) is 11.6 Å². The Kier molecular flexibility index (Phi) is 3.05. The van der Waals surface area contributed by atoms with E-state index in [4.69, 9.17) is 0 Å². The fourth-order valence-electron chi connectivity index (χ4n) is 1.62. The van der Waals surface area contributed by atoms with Crippen LogP contribution in [0.5, 0.6) is 0 Å². The lowest BCUT2D eigenvalue weighted by Gasteiger charge is -1.91. The molecule has 0 aliphatic carbocycles. The molecule has 3 heterocycles. The molecule has 3 aromatic heterocycles. The minimum atomic E-state index is 0.602. The van der Waals surface area contributed by atoms with Crippen molar-refractivity contribution in [1.29, 1.82) is 0 Å². The van der Waals surface area contributed by atoms with Crippen molar-refractivity contribution in [3.8, 4) is 0 Å². The number of para-hydroxylation sites is 1. The minimum absolute atomic E-state index is 0.602. The second-order valence-corrected chi connectivity index (χ2v) is 3.77. The molecule has 6 nitrogen and oxygen atoms in total. The van der Waals surface area contributed by atoms with Gasteiger partial charge in [-0.3, -0.25) is 10.1 Å². The smallest absolute Gasteiger partial charge is 0.204 e. The predicted octanol–water partition coefficient (Wildman–Crippen LogP) is 1.98. The molecule has 0 aliphatic heterocycles. The summed E-state index contributed by atoms with van der Waals surface area (Å²) in [6.07, 6.45) is 4.87. The van der Waals surface area contributed by atoms with Crippen LogP contribution in [-0.2, 0) is 0 Å². The molecule has 0 unspecified atom stereocenters. The molecule has 0 fully saturated rings. The van der Waals surface area contributed by atoms with Crippen LogP contribution in [0.4, 0.5) is 0 Å². The standard InChI is InChI=1S/C9H7N.C4H3N5/c1-2-6-9-8(4-1)5-3-7-10-9;1-3-4(6-2-5-1)8-9-7-3/h1-7H;1-2H,(H,5,6,7,8,9). The van der Waals surface area contributed by atoms with E-state index in [2.05, 4.69) is 42.5 Å². The number of rotatable bonds is 0. The fourth-order valence-corrected chi connectivity index (χ4v) is 1.62. The van der Waals surface area contributed by atoms with E-state index in [1.807, 2.05) is 30.5 Å². The predicted molar refractivity (Wildman–Crippen MR) is 71.2 cm³/mol. The normalized spacial score (nSPS) is 10.1. The number of fused-ring (bicyclic) bond motifs is 2. The number of pyridine rings is 1. The summed E-state index contributed by atoms with van der Waals surface area (Å²) >= 11 is 0. The molecule has 19 heavy (non-hydrogen) atoms. The highest BCUT2D eigenvalue weighted by Gasteiger charge is 1.93. The van der Waals surface area contributed by atoms with Crippen molar-refractivity contribution >= 4 is 22.1 Å². The van der Waals surface area contributed by atoms with Gasteiger partial charge >= 0.3 is 0 Å². The summed E-state index contributed by atoms with van der Waals surface area (Å²) in [5, 5.41) is 11.0. The molecule has 1 N–H and O–H groups in total. The molecule has 1 aromatic carbocycles. The zero-order valence-electron chi connectivity index (χ0n) is 9.93. The number of nitrogens with one attached hydrogen (secondary N) is 1. The number of benzene rings is 1. The molecule has 4 aromatic rings. The molecule has 4 rings (SSSR count). The van der Waals surface area contributed by atoms with E-state index in [1.165, 1.54) is 11.7 Å². The SMILES string of the molecule is c1ccc2ncccc2c1.c1ncc2[nH]nnc2n1. The third-order valence-corrected chi connectivity index (χ3v) is 2.52. The van der Waals surface area contributed by atoms with Gasteiger partial charge < -0.3 is 0 Å². The van der Waals surface area contributed by atoms with Crippen molar-refractivity contribution in [1.82, 2.24) is 30.4 Å². The van der Waals surface area contributed by atoms with Gasteiger partial charge in [0.05, 0.1) is 11.7 Å². The first-order chi connectivity index (χ1) is 9.43. The lowest BCUT2D eigenvalue weighted by atomic mass is 10.2. The maximum Gasteiger partial charge on any atom is 0.204 e. The third-order valence-electron chi connectivity index (χ3n) is 2.52. The summed E-state index contributed by atoms with van der Waals surface area (Å²) in [6.45, 7) is 0. The Balaban J connectivity index is 0.000000117. The number of aromatic amines is 1. The van der Waals surface area contributed by atoms with Crippen molar-refractivity contribution in [3.63, 3.8) is 0 Å². The average molecular weight is 250 g/mol. The van der Waals surface area contributed by atoms with Crippen LogP contribution < -0.4 is 0 Å². The highest BCUT2D eigenvalue weighted by molar-refractivity contribution is 5.77. The largest absolute Gasteiger partial charge is 0.256 e. The summed E-state index contributed by atoms with van der Waals surface area (Å²) in [4.78, 5) is 11.8. The van der Waals surface area contributed by atoms with Gasteiger partial charge in [-0.05, 0) is 12.1 Å². The molecule has 0 spiro atoms. The summed E-state index contributed by atoms with van der Waals surface area (Å²) in [5.41, 5.74) is 2.42. The molecular formula is C13H10N6. The molecule has 0 saturated carbocycles. The van der Waals surface area contributed by atoms with Gasteiger partial charge in [0.1, 0.15) is 11.8 Å². The summed E-state index contributed by atoms with van der Waals surface area (Å²) < 4.78 is 0. The zero-order valence-corrected chi connectivity index (χ0v) is 9.93.